The summed E-state index contributed by atoms with van der Waals surface area (Å²) in [5.74, 6) is 1.84. The van der Waals surface area contributed by atoms with Crippen molar-refractivity contribution in [3.8, 4) is 0 Å². The third-order valence-corrected chi connectivity index (χ3v) is 4.11. The largest absolute Gasteiger partial charge is 0.359 e. The first-order valence-electron chi connectivity index (χ1n) is 7.13. The minimum atomic E-state index is 0.368. The Kier molecular flexibility index (Phi) is 4.77. The quantitative estimate of drug-likeness (QED) is 0.876. The van der Waals surface area contributed by atoms with Crippen molar-refractivity contribution in [2.24, 2.45) is 5.92 Å². The molecule has 0 bridgehead atoms. The summed E-state index contributed by atoms with van der Waals surface area (Å²) < 4.78 is 0. The van der Waals surface area contributed by atoms with Crippen molar-refractivity contribution in [2.75, 3.05) is 45.7 Å². The second-order valence-electron chi connectivity index (χ2n) is 5.76. The Morgan fingerprint density at radius 3 is 3.00 bits per heavy atom. The molecule has 4 heteroatoms. The molecule has 1 aromatic rings. The highest BCUT2D eigenvalue weighted by Crippen LogP contribution is 2.20. The van der Waals surface area contributed by atoms with Crippen LogP contribution < -0.4 is 10.2 Å². The Morgan fingerprint density at radius 2 is 2.37 bits per heavy atom. The van der Waals surface area contributed by atoms with Crippen molar-refractivity contribution in [1.29, 1.82) is 0 Å². The molecule has 2 unspecified atom stereocenters. The Balaban J connectivity index is 2.00. The second kappa shape index (κ2) is 6.35. The second-order valence-corrected chi connectivity index (χ2v) is 5.76. The van der Waals surface area contributed by atoms with Crippen molar-refractivity contribution in [3.63, 3.8) is 0 Å². The van der Waals surface area contributed by atoms with Crippen LogP contribution in [0.1, 0.15) is 24.9 Å². The van der Waals surface area contributed by atoms with Crippen LogP contribution in [0.15, 0.2) is 18.3 Å². The predicted octanol–water partition coefficient (Wildman–Crippen LogP) is 1.75. The van der Waals surface area contributed by atoms with E-state index in [4.69, 9.17) is 0 Å². The zero-order valence-electron chi connectivity index (χ0n) is 12.6. The molecule has 1 saturated heterocycles. The molecule has 2 heterocycles. The molecular formula is C15H26N4. The summed E-state index contributed by atoms with van der Waals surface area (Å²) in [6.07, 6.45) is 3.21. The van der Waals surface area contributed by atoms with Crippen molar-refractivity contribution in [2.45, 2.75) is 19.4 Å². The maximum absolute atomic E-state index is 4.50. The first-order valence-corrected chi connectivity index (χ1v) is 7.13. The molecule has 0 spiro atoms. The minimum Gasteiger partial charge on any atom is -0.359 e. The fourth-order valence-electron chi connectivity index (χ4n) is 2.74. The van der Waals surface area contributed by atoms with E-state index in [0.29, 0.717) is 6.04 Å². The van der Waals surface area contributed by atoms with Gasteiger partial charge in [0.15, 0.2) is 0 Å². The Hall–Kier alpha value is -1.13. The van der Waals surface area contributed by atoms with E-state index in [-0.39, 0.29) is 0 Å². The van der Waals surface area contributed by atoms with E-state index in [9.17, 15) is 0 Å². The van der Waals surface area contributed by atoms with E-state index in [2.05, 4.69) is 53.3 Å². The summed E-state index contributed by atoms with van der Waals surface area (Å²) in [4.78, 5) is 9.20. The highest BCUT2D eigenvalue weighted by molar-refractivity contribution is 5.41. The smallest absolute Gasteiger partial charge is 0.128 e. The average molecular weight is 262 g/mol. The van der Waals surface area contributed by atoms with Crippen LogP contribution in [-0.4, -0.2) is 50.7 Å². The zero-order chi connectivity index (χ0) is 13.8. The van der Waals surface area contributed by atoms with Gasteiger partial charge in [-0.2, -0.15) is 0 Å². The van der Waals surface area contributed by atoms with Crippen LogP contribution in [-0.2, 0) is 0 Å². The molecule has 1 aliphatic rings. The van der Waals surface area contributed by atoms with Crippen LogP contribution in [0.2, 0.25) is 0 Å². The molecule has 19 heavy (non-hydrogen) atoms. The lowest BCUT2D eigenvalue weighted by atomic mass is 10.1. The Morgan fingerprint density at radius 1 is 1.58 bits per heavy atom. The van der Waals surface area contributed by atoms with E-state index < -0.39 is 0 Å². The third kappa shape index (κ3) is 3.67. The van der Waals surface area contributed by atoms with Gasteiger partial charge in [0, 0.05) is 32.4 Å². The van der Waals surface area contributed by atoms with E-state index >= 15 is 0 Å². The lowest BCUT2D eigenvalue weighted by Crippen LogP contribution is -2.28. The lowest BCUT2D eigenvalue weighted by Gasteiger charge is -2.23. The molecular weight excluding hydrogens is 236 g/mol. The van der Waals surface area contributed by atoms with E-state index in [1.54, 1.807) is 0 Å². The summed E-state index contributed by atoms with van der Waals surface area (Å²) in [6.45, 7) is 5.69. The molecule has 2 atom stereocenters. The van der Waals surface area contributed by atoms with Crippen LogP contribution in [0.3, 0.4) is 0 Å². The molecule has 0 aliphatic carbocycles. The fraction of sp³-hybridized carbons (Fsp3) is 0.667. The number of hydrogen-bond acceptors (Lipinski definition) is 4. The molecule has 1 N–H and O–H groups in total. The monoisotopic (exact) mass is 262 g/mol. The summed E-state index contributed by atoms with van der Waals surface area (Å²) in [5.41, 5.74) is 1.29. The van der Waals surface area contributed by atoms with Crippen molar-refractivity contribution in [1.82, 2.24) is 15.2 Å². The van der Waals surface area contributed by atoms with Gasteiger partial charge >= 0.3 is 0 Å². The fourth-order valence-corrected chi connectivity index (χ4v) is 2.74. The van der Waals surface area contributed by atoms with E-state index in [0.717, 1.165) is 18.3 Å². The van der Waals surface area contributed by atoms with Gasteiger partial charge in [-0.1, -0.05) is 0 Å². The normalized spacial score (nSPS) is 21.6. The molecule has 0 amide bonds. The maximum Gasteiger partial charge on any atom is 0.128 e. The topological polar surface area (TPSA) is 31.4 Å². The summed E-state index contributed by atoms with van der Waals surface area (Å²) >= 11 is 0. The summed E-state index contributed by atoms with van der Waals surface area (Å²) in [7, 11) is 6.34. The molecule has 2 rings (SSSR count). The van der Waals surface area contributed by atoms with Gasteiger partial charge in [-0.15, -0.1) is 0 Å². The SMILES string of the molecule is CNC(C)c1ccnc(N(C)CC2CCN(C)C2)c1. The first-order chi connectivity index (χ1) is 9.10. The summed E-state index contributed by atoms with van der Waals surface area (Å²) in [6, 6.07) is 4.65. The van der Waals surface area contributed by atoms with Crippen molar-refractivity contribution < 1.29 is 0 Å². The maximum atomic E-state index is 4.50. The molecule has 1 aromatic heterocycles. The van der Waals surface area contributed by atoms with Crippen LogP contribution in [0.4, 0.5) is 5.82 Å². The van der Waals surface area contributed by atoms with Gasteiger partial charge < -0.3 is 15.1 Å². The molecule has 0 radical (unpaired) electrons. The third-order valence-electron chi connectivity index (χ3n) is 4.11. The van der Waals surface area contributed by atoms with Gasteiger partial charge in [-0.05, 0) is 57.6 Å². The number of nitrogens with one attached hydrogen (secondary N) is 1. The van der Waals surface area contributed by atoms with Crippen LogP contribution in [0.5, 0.6) is 0 Å². The zero-order valence-corrected chi connectivity index (χ0v) is 12.6. The number of rotatable bonds is 5. The molecule has 1 aliphatic heterocycles. The summed E-state index contributed by atoms with van der Waals surface area (Å²) in [5, 5.41) is 3.27. The van der Waals surface area contributed by atoms with Crippen molar-refractivity contribution in [3.05, 3.63) is 23.9 Å². The number of anilines is 1. The number of pyridine rings is 1. The van der Waals surface area contributed by atoms with E-state index in [1.165, 1.54) is 25.1 Å². The van der Waals surface area contributed by atoms with E-state index in [1.807, 2.05) is 13.2 Å². The van der Waals surface area contributed by atoms with Crippen LogP contribution >= 0.6 is 0 Å². The van der Waals surface area contributed by atoms with Gasteiger partial charge in [0.2, 0.25) is 0 Å². The minimum absolute atomic E-state index is 0.368. The Bertz CT molecular complexity index is 407. The lowest BCUT2D eigenvalue weighted by molar-refractivity contribution is 0.395. The van der Waals surface area contributed by atoms with Gasteiger partial charge in [-0.25, -0.2) is 4.98 Å². The molecule has 106 valence electrons. The van der Waals surface area contributed by atoms with Crippen LogP contribution in [0.25, 0.3) is 0 Å². The number of aromatic nitrogens is 1. The van der Waals surface area contributed by atoms with Gasteiger partial charge in [-0.3, -0.25) is 0 Å². The first kappa shape index (κ1) is 14.3. The van der Waals surface area contributed by atoms with Crippen molar-refractivity contribution >= 4 is 5.82 Å². The number of hydrogen-bond donors (Lipinski definition) is 1. The van der Waals surface area contributed by atoms with Gasteiger partial charge in [0.05, 0.1) is 0 Å². The van der Waals surface area contributed by atoms with Gasteiger partial charge in [0.1, 0.15) is 5.82 Å². The highest BCUT2D eigenvalue weighted by Gasteiger charge is 2.21. The predicted molar refractivity (Wildman–Crippen MR) is 80.6 cm³/mol. The Labute approximate surface area is 116 Å². The molecule has 0 aromatic carbocycles. The average Bonchev–Trinajstić information content (AvgIpc) is 2.83. The number of likely N-dealkylation sites (tertiary alicyclic amines) is 1. The standard InChI is InChI=1S/C15H26N4/c1-12(16-2)14-5-7-17-15(9-14)19(4)11-13-6-8-18(3)10-13/h5,7,9,12-13,16H,6,8,10-11H2,1-4H3. The molecule has 4 nitrogen and oxygen atoms in total. The molecule has 0 saturated carbocycles. The van der Waals surface area contributed by atoms with Gasteiger partial charge in [0.25, 0.3) is 0 Å². The molecule has 1 fully saturated rings. The number of nitrogens with zero attached hydrogens (tertiary/aromatic N) is 3. The highest BCUT2D eigenvalue weighted by atomic mass is 15.2. The van der Waals surface area contributed by atoms with Crippen LogP contribution in [0, 0.1) is 5.92 Å².